The average molecular weight is 379 g/mol. The summed E-state index contributed by atoms with van der Waals surface area (Å²) in [7, 11) is 2.13. The molecule has 1 aliphatic carbocycles. The molecule has 3 atom stereocenters. The lowest BCUT2D eigenvalue weighted by Crippen LogP contribution is -2.47. The maximum Gasteiger partial charge on any atom is 0.222 e. The van der Waals surface area contributed by atoms with Gasteiger partial charge in [0.05, 0.1) is 0 Å². The molecular formula is C20H34N4OS. The second-order valence-electron chi connectivity index (χ2n) is 8.08. The van der Waals surface area contributed by atoms with Crippen molar-refractivity contribution in [2.45, 2.75) is 57.6 Å². The Balaban J connectivity index is 1.68. The second-order valence-corrected chi connectivity index (χ2v) is 9.44. The van der Waals surface area contributed by atoms with Crippen molar-refractivity contribution < 1.29 is 4.79 Å². The number of rotatable bonds is 6. The Morgan fingerprint density at radius 1 is 1.27 bits per heavy atom. The normalized spacial score (nSPS) is 29.7. The third-order valence-electron chi connectivity index (χ3n) is 6.16. The zero-order valence-corrected chi connectivity index (χ0v) is 17.4. The highest BCUT2D eigenvalue weighted by Gasteiger charge is 2.40. The number of nitrogens with two attached hydrogens (primary N) is 1. The predicted octanol–water partition coefficient (Wildman–Crippen LogP) is 3.07. The van der Waals surface area contributed by atoms with E-state index in [9.17, 15) is 4.79 Å². The van der Waals surface area contributed by atoms with E-state index in [1.165, 1.54) is 30.5 Å². The molecule has 0 aromatic carbocycles. The van der Waals surface area contributed by atoms with Crippen molar-refractivity contribution in [1.82, 2.24) is 9.80 Å². The van der Waals surface area contributed by atoms with Crippen LogP contribution < -0.4 is 5.73 Å². The van der Waals surface area contributed by atoms with Crippen LogP contribution in [-0.2, 0) is 4.79 Å². The van der Waals surface area contributed by atoms with Gasteiger partial charge >= 0.3 is 0 Å². The fourth-order valence-corrected chi connectivity index (χ4v) is 5.40. The summed E-state index contributed by atoms with van der Waals surface area (Å²) in [6.45, 7) is 8.18. The molecule has 2 heterocycles. The number of carbonyl (C=O) groups excluding carboxylic acids is 1. The van der Waals surface area contributed by atoms with E-state index in [0.717, 1.165) is 39.0 Å². The van der Waals surface area contributed by atoms with Crippen molar-refractivity contribution in [3.8, 4) is 0 Å². The zero-order valence-electron chi connectivity index (χ0n) is 16.5. The van der Waals surface area contributed by atoms with Crippen molar-refractivity contribution in [2.24, 2.45) is 22.6 Å². The van der Waals surface area contributed by atoms with Crippen LogP contribution in [-0.4, -0.2) is 59.4 Å². The van der Waals surface area contributed by atoms with Gasteiger partial charge in [-0.3, -0.25) is 4.79 Å². The van der Waals surface area contributed by atoms with Gasteiger partial charge in [-0.25, -0.2) is 4.99 Å². The molecule has 1 amide bonds. The fourth-order valence-electron chi connectivity index (χ4n) is 4.53. The van der Waals surface area contributed by atoms with E-state index in [1.54, 1.807) is 11.8 Å². The number of hydrogen-bond donors (Lipinski definition) is 1. The van der Waals surface area contributed by atoms with Crippen LogP contribution in [0.3, 0.4) is 0 Å². The Bertz CT molecular complexity index is 580. The fraction of sp³-hybridized carbons (Fsp3) is 0.800. The Hall–Kier alpha value is -1.01. The van der Waals surface area contributed by atoms with Crippen molar-refractivity contribution in [3.05, 3.63) is 11.3 Å². The standard InChI is InChI=1S/C20H34N4OS/c1-4-5-6-7-16-15(12-17-14(2)26-20(21)22-19(16)17)13-18(25)24-10-8-23(3)9-11-24/h14-16H,4-13H2,1-3H3,(H2,21,22). The number of amides is 1. The molecule has 5 nitrogen and oxygen atoms in total. The number of amidine groups is 1. The van der Waals surface area contributed by atoms with E-state index in [-0.39, 0.29) is 0 Å². The van der Waals surface area contributed by atoms with Gasteiger partial charge in [0.15, 0.2) is 5.17 Å². The van der Waals surface area contributed by atoms with Crippen molar-refractivity contribution in [3.63, 3.8) is 0 Å². The van der Waals surface area contributed by atoms with Crippen LogP contribution in [0, 0.1) is 11.8 Å². The number of thioether (sulfide) groups is 1. The molecule has 3 aliphatic rings. The smallest absolute Gasteiger partial charge is 0.222 e. The highest BCUT2D eigenvalue weighted by molar-refractivity contribution is 8.14. The molecule has 0 saturated carbocycles. The molecule has 0 spiro atoms. The molecule has 3 rings (SSSR count). The SMILES string of the molecule is CCCCCC1C2=C(CC1CC(=O)N1CCN(C)CC1)C(C)SC(N)=N2. The molecule has 3 unspecified atom stereocenters. The summed E-state index contributed by atoms with van der Waals surface area (Å²) in [5.41, 5.74) is 8.74. The van der Waals surface area contributed by atoms with E-state index in [1.807, 2.05) is 0 Å². The lowest BCUT2D eigenvalue weighted by molar-refractivity contribution is -0.134. The summed E-state index contributed by atoms with van der Waals surface area (Å²) in [6.07, 6.45) is 6.52. The Labute approximate surface area is 162 Å². The molecule has 1 fully saturated rings. The molecule has 26 heavy (non-hydrogen) atoms. The first-order valence-electron chi connectivity index (χ1n) is 10.2. The lowest BCUT2D eigenvalue weighted by Gasteiger charge is -2.33. The Kier molecular flexibility index (Phi) is 6.67. The number of piperazine rings is 1. The summed E-state index contributed by atoms with van der Waals surface area (Å²) in [4.78, 5) is 22.0. The Morgan fingerprint density at radius 2 is 2.00 bits per heavy atom. The van der Waals surface area contributed by atoms with Gasteiger partial charge in [-0.1, -0.05) is 37.9 Å². The number of carbonyl (C=O) groups is 1. The number of hydrogen-bond acceptors (Lipinski definition) is 5. The van der Waals surface area contributed by atoms with E-state index in [0.29, 0.717) is 34.6 Å². The molecule has 0 bridgehead atoms. The zero-order chi connectivity index (χ0) is 18.7. The summed E-state index contributed by atoms with van der Waals surface area (Å²) in [5, 5.41) is 1.10. The molecule has 1 saturated heterocycles. The summed E-state index contributed by atoms with van der Waals surface area (Å²) < 4.78 is 0. The minimum Gasteiger partial charge on any atom is -0.378 e. The minimum absolute atomic E-state index is 0.334. The summed E-state index contributed by atoms with van der Waals surface area (Å²) in [5.74, 6) is 1.15. The minimum atomic E-state index is 0.334. The van der Waals surface area contributed by atoms with E-state index < -0.39 is 0 Å². The maximum atomic E-state index is 12.9. The first kappa shape index (κ1) is 19.7. The van der Waals surface area contributed by atoms with Gasteiger partial charge in [0.25, 0.3) is 0 Å². The van der Waals surface area contributed by atoms with Crippen LogP contribution >= 0.6 is 11.8 Å². The molecule has 0 radical (unpaired) electrons. The highest BCUT2D eigenvalue weighted by atomic mass is 32.2. The van der Waals surface area contributed by atoms with Crippen LogP contribution in [0.25, 0.3) is 0 Å². The number of likely N-dealkylation sites (N-methyl/N-ethyl adjacent to an activating group) is 1. The average Bonchev–Trinajstić information content (AvgIpc) is 2.93. The van der Waals surface area contributed by atoms with Crippen molar-refractivity contribution in [2.75, 3.05) is 33.2 Å². The topological polar surface area (TPSA) is 61.9 Å². The van der Waals surface area contributed by atoms with Crippen LogP contribution in [0.5, 0.6) is 0 Å². The molecule has 2 aliphatic heterocycles. The van der Waals surface area contributed by atoms with Gasteiger partial charge in [-0.15, -0.1) is 0 Å². The van der Waals surface area contributed by atoms with Crippen LogP contribution in [0.1, 0.15) is 52.4 Å². The molecule has 6 heteroatoms. The maximum absolute atomic E-state index is 12.9. The molecule has 0 aromatic heterocycles. The Morgan fingerprint density at radius 3 is 2.69 bits per heavy atom. The van der Waals surface area contributed by atoms with Gasteiger partial charge in [-0.05, 0) is 38.3 Å². The van der Waals surface area contributed by atoms with Crippen LogP contribution in [0.15, 0.2) is 16.3 Å². The molecule has 0 aromatic rings. The van der Waals surface area contributed by atoms with E-state index >= 15 is 0 Å². The number of unbranched alkanes of at least 4 members (excludes halogenated alkanes) is 2. The van der Waals surface area contributed by atoms with Crippen LogP contribution in [0.2, 0.25) is 0 Å². The molecular weight excluding hydrogens is 344 g/mol. The van der Waals surface area contributed by atoms with Gasteiger partial charge in [-0.2, -0.15) is 0 Å². The largest absolute Gasteiger partial charge is 0.378 e. The van der Waals surface area contributed by atoms with E-state index in [4.69, 9.17) is 10.7 Å². The first-order valence-corrected chi connectivity index (χ1v) is 11.1. The first-order chi connectivity index (χ1) is 12.5. The molecule has 146 valence electrons. The summed E-state index contributed by atoms with van der Waals surface area (Å²) >= 11 is 1.67. The predicted molar refractivity (Wildman–Crippen MR) is 110 cm³/mol. The van der Waals surface area contributed by atoms with E-state index in [2.05, 4.69) is 30.7 Å². The lowest BCUT2D eigenvalue weighted by atomic mass is 9.86. The third kappa shape index (κ3) is 4.45. The number of nitrogens with zero attached hydrogens (tertiary/aromatic N) is 3. The van der Waals surface area contributed by atoms with Gasteiger partial charge in [0, 0.05) is 49.5 Å². The van der Waals surface area contributed by atoms with Gasteiger partial charge in [0.1, 0.15) is 0 Å². The molecule has 2 N–H and O–H groups in total. The summed E-state index contributed by atoms with van der Waals surface area (Å²) in [6, 6.07) is 0. The monoisotopic (exact) mass is 378 g/mol. The van der Waals surface area contributed by atoms with Gasteiger partial charge < -0.3 is 15.5 Å². The van der Waals surface area contributed by atoms with Crippen LogP contribution in [0.4, 0.5) is 0 Å². The van der Waals surface area contributed by atoms with Crippen molar-refractivity contribution >= 4 is 22.8 Å². The quantitative estimate of drug-likeness (QED) is 0.722. The second kappa shape index (κ2) is 8.79. The third-order valence-corrected chi connectivity index (χ3v) is 7.13. The van der Waals surface area contributed by atoms with Crippen molar-refractivity contribution in [1.29, 1.82) is 0 Å². The van der Waals surface area contributed by atoms with Gasteiger partial charge in [0.2, 0.25) is 5.91 Å². The number of allylic oxidation sites excluding steroid dienone is 1. The number of aliphatic imine (C=N–C) groups is 1. The highest BCUT2D eigenvalue weighted by Crippen LogP contribution is 2.48.